The van der Waals surface area contributed by atoms with Crippen LogP contribution >= 0.6 is 11.3 Å². The topological polar surface area (TPSA) is 60.0 Å². The van der Waals surface area contributed by atoms with Gasteiger partial charge in [0.05, 0.1) is 5.00 Å². The number of rotatable bonds is 6. The third-order valence-electron chi connectivity index (χ3n) is 4.81. The molecule has 0 radical (unpaired) electrons. The normalized spacial score (nSPS) is 14.9. The third kappa shape index (κ3) is 5.25. The number of nitrogens with one attached hydrogen (secondary N) is 2. The molecule has 1 fully saturated rings. The summed E-state index contributed by atoms with van der Waals surface area (Å²) >= 11 is 1.80. The predicted molar refractivity (Wildman–Crippen MR) is 118 cm³/mol. The minimum atomic E-state index is -0.0534. The molecule has 2 aromatic rings. The fourth-order valence-corrected chi connectivity index (χ4v) is 4.10. The fourth-order valence-electron chi connectivity index (χ4n) is 3.32. The van der Waals surface area contributed by atoms with Gasteiger partial charge in [-0.05, 0) is 48.6 Å². The minimum absolute atomic E-state index is 0.0534. The van der Waals surface area contributed by atoms with Crippen molar-refractivity contribution in [3.63, 3.8) is 0 Å². The zero-order valence-electron chi connectivity index (χ0n) is 16.6. The molecule has 2 heterocycles. The molecule has 1 aromatic heterocycles. The highest BCUT2D eigenvalue weighted by atomic mass is 32.1. The maximum Gasteiger partial charge on any atom is 0.251 e. The number of nitrogens with zero attached hydrogens (tertiary/aromatic N) is 3. The first-order chi connectivity index (χ1) is 13.7. The van der Waals surface area contributed by atoms with Gasteiger partial charge in [0.15, 0.2) is 5.96 Å². The number of thiophene rings is 1. The van der Waals surface area contributed by atoms with Crippen LogP contribution in [0.15, 0.2) is 46.8 Å². The second-order valence-corrected chi connectivity index (χ2v) is 7.62. The summed E-state index contributed by atoms with van der Waals surface area (Å²) in [7, 11) is 1.65. The lowest BCUT2D eigenvalue weighted by Gasteiger charge is -2.37. The average Bonchev–Trinajstić information content (AvgIpc) is 3.28. The number of anilines is 1. The molecule has 7 heteroatoms. The molecule has 0 aliphatic carbocycles. The largest absolute Gasteiger partial charge is 0.360 e. The monoisotopic (exact) mass is 399 g/mol. The molecule has 0 unspecified atom stereocenters. The van der Waals surface area contributed by atoms with E-state index in [1.54, 1.807) is 18.4 Å². The maximum absolute atomic E-state index is 11.8. The van der Waals surface area contributed by atoms with Crippen molar-refractivity contribution in [1.82, 2.24) is 15.5 Å². The molecule has 3 rings (SSSR count). The summed E-state index contributed by atoms with van der Waals surface area (Å²) in [4.78, 5) is 21.4. The second-order valence-electron chi connectivity index (χ2n) is 6.69. The Kier molecular flexibility index (Phi) is 7.31. The highest BCUT2D eigenvalue weighted by Crippen LogP contribution is 2.22. The first-order valence-electron chi connectivity index (χ1n) is 9.84. The van der Waals surface area contributed by atoms with Gasteiger partial charge in [-0.2, -0.15) is 0 Å². The van der Waals surface area contributed by atoms with E-state index in [0.717, 1.165) is 50.7 Å². The van der Waals surface area contributed by atoms with Crippen LogP contribution in [0.25, 0.3) is 0 Å². The standard InChI is InChI=1S/C21H29N5OS/c1-3-23-21(26-13-11-25(12-14-26)19-8-5-15-28-19)24-10-9-17-6-4-7-18(16-17)20(27)22-2/h4-8,15-16H,3,9-14H2,1-2H3,(H,22,27)(H,23,24). The van der Waals surface area contributed by atoms with E-state index in [0.29, 0.717) is 12.1 Å². The Labute approximate surface area is 171 Å². The quantitative estimate of drug-likeness (QED) is 0.579. The van der Waals surface area contributed by atoms with E-state index in [2.05, 4.69) is 50.9 Å². The van der Waals surface area contributed by atoms with Crippen molar-refractivity contribution in [3.8, 4) is 0 Å². The Hall–Kier alpha value is -2.54. The minimum Gasteiger partial charge on any atom is -0.360 e. The van der Waals surface area contributed by atoms with E-state index >= 15 is 0 Å². The number of amides is 1. The van der Waals surface area contributed by atoms with Crippen LogP contribution in [0.1, 0.15) is 22.8 Å². The maximum atomic E-state index is 11.8. The summed E-state index contributed by atoms with van der Waals surface area (Å²) in [5.74, 6) is 0.929. The lowest BCUT2D eigenvalue weighted by molar-refractivity contribution is 0.0963. The number of guanidine groups is 1. The van der Waals surface area contributed by atoms with Gasteiger partial charge in [-0.1, -0.05) is 12.1 Å². The fraction of sp³-hybridized carbons (Fsp3) is 0.429. The molecule has 0 atom stereocenters. The van der Waals surface area contributed by atoms with Gasteiger partial charge in [0.25, 0.3) is 5.91 Å². The van der Waals surface area contributed by atoms with Crippen LogP contribution in [-0.2, 0) is 6.42 Å². The van der Waals surface area contributed by atoms with E-state index in [4.69, 9.17) is 4.99 Å². The average molecular weight is 400 g/mol. The third-order valence-corrected chi connectivity index (χ3v) is 5.74. The number of piperazine rings is 1. The molecule has 28 heavy (non-hydrogen) atoms. The first kappa shape index (κ1) is 20.2. The molecule has 1 amide bonds. The van der Waals surface area contributed by atoms with Crippen molar-refractivity contribution in [1.29, 1.82) is 0 Å². The Morgan fingerprint density at radius 2 is 2.00 bits per heavy atom. The van der Waals surface area contributed by atoms with E-state index in [9.17, 15) is 4.79 Å². The van der Waals surface area contributed by atoms with E-state index < -0.39 is 0 Å². The van der Waals surface area contributed by atoms with Gasteiger partial charge in [0.1, 0.15) is 0 Å². The summed E-state index contributed by atoms with van der Waals surface area (Å²) in [6.07, 6.45) is 0.814. The van der Waals surface area contributed by atoms with Crippen LogP contribution in [-0.4, -0.2) is 63.1 Å². The number of benzene rings is 1. The molecule has 1 aromatic carbocycles. The number of hydrogen-bond acceptors (Lipinski definition) is 4. The summed E-state index contributed by atoms with van der Waals surface area (Å²) < 4.78 is 0. The Bertz CT molecular complexity index is 782. The smallest absolute Gasteiger partial charge is 0.251 e. The van der Waals surface area contributed by atoms with Crippen LogP contribution in [0.4, 0.5) is 5.00 Å². The Balaban J connectivity index is 1.57. The highest BCUT2D eigenvalue weighted by Gasteiger charge is 2.20. The number of carbonyl (C=O) groups is 1. The van der Waals surface area contributed by atoms with Gasteiger partial charge >= 0.3 is 0 Å². The second kappa shape index (κ2) is 10.1. The van der Waals surface area contributed by atoms with Gasteiger partial charge in [0.2, 0.25) is 0 Å². The molecule has 0 spiro atoms. The molecular formula is C21H29N5OS. The summed E-state index contributed by atoms with van der Waals surface area (Å²) in [6.45, 7) is 7.62. The van der Waals surface area contributed by atoms with Gasteiger partial charge in [-0.25, -0.2) is 0 Å². The summed E-state index contributed by atoms with van der Waals surface area (Å²) in [6, 6.07) is 12.1. The van der Waals surface area contributed by atoms with Crippen molar-refractivity contribution < 1.29 is 4.79 Å². The van der Waals surface area contributed by atoms with E-state index in [1.165, 1.54) is 5.00 Å². The van der Waals surface area contributed by atoms with Crippen molar-refractivity contribution >= 4 is 28.2 Å². The molecule has 1 aliphatic rings. The molecule has 150 valence electrons. The molecule has 6 nitrogen and oxygen atoms in total. The molecular weight excluding hydrogens is 370 g/mol. The lowest BCUT2D eigenvalue weighted by atomic mass is 10.1. The van der Waals surface area contributed by atoms with Gasteiger partial charge in [0, 0.05) is 51.9 Å². The number of aliphatic imine (C=N–C) groups is 1. The number of hydrogen-bond donors (Lipinski definition) is 2. The predicted octanol–water partition coefficient (Wildman–Crippen LogP) is 2.44. The van der Waals surface area contributed by atoms with Gasteiger partial charge in [-0.3, -0.25) is 9.79 Å². The molecule has 2 N–H and O–H groups in total. The molecule has 1 aliphatic heterocycles. The van der Waals surface area contributed by atoms with Crippen molar-refractivity contribution in [2.75, 3.05) is 51.2 Å². The molecule has 1 saturated heterocycles. The van der Waals surface area contributed by atoms with Gasteiger partial charge in [-0.15, -0.1) is 11.3 Å². The van der Waals surface area contributed by atoms with Crippen molar-refractivity contribution in [3.05, 3.63) is 52.9 Å². The molecule has 0 saturated carbocycles. The highest BCUT2D eigenvalue weighted by molar-refractivity contribution is 7.14. The zero-order chi connectivity index (χ0) is 19.8. The van der Waals surface area contributed by atoms with E-state index in [-0.39, 0.29) is 5.91 Å². The summed E-state index contributed by atoms with van der Waals surface area (Å²) in [5, 5.41) is 9.57. The SMILES string of the molecule is CCNC(=NCCc1cccc(C(=O)NC)c1)N1CCN(c2cccs2)CC1. The van der Waals surface area contributed by atoms with Gasteiger partial charge < -0.3 is 20.4 Å². The van der Waals surface area contributed by atoms with Crippen LogP contribution in [0, 0.1) is 0 Å². The lowest BCUT2D eigenvalue weighted by Crippen LogP contribution is -2.52. The van der Waals surface area contributed by atoms with E-state index in [1.807, 2.05) is 18.2 Å². The van der Waals surface area contributed by atoms with Crippen LogP contribution < -0.4 is 15.5 Å². The Morgan fingerprint density at radius 3 is 2.68 bits per heavy atom. The Morgan fingerprint density at radius 1 is 1.18 bits per heavy atom. The first-order valence-corrected chi connectivity index (χ1v) is 10.7. The summed E-state index contributed by atoms with van der Waals surface area (Å²) in [5.41, 5.74) is 1.82. The van der Waals surface area contributed by atoms with Crippen molar-refractivity contribution in [2.45, 2.75) is 13.3 Å². The zero-order valence-corrected chi connectivity index (χ0v) is 17.5. The number of carbonyl (C=O) groups excluding carboxylic acids is 1. The van der Waals surface area contributed by atoms with Crippen LogP contribution in [0.2, 0.25) is 0 Å². The van der Waals surface area contributed by atoms with Crippen LogP contribution in [0.5, 0.6) is 0 Å². The molecule has 0 bridgehead atoms. The van der Waals surface area contributed by atoms with Crippen molar-refractivity contribution in [2.24, 2.45) is 4.99 Å². The van der Waals surface area contributed by atoms with Crippen LogP contribution in [0.3, 0.4) is 0 Å².